The summed E-state index contributed by atoms with van der Waals surface area (Å²) < 4.78 is 5.46. The molecule has 0 bridgehead atoms. The first kappa shape index (κ1) is 18.1. The first-order chi connectivity index (χ1) is 12.9. The highest BCUT2D eigenvalue weighted by atomic mass is 16.6. The van der Waals surface area contributed by atoms with Gasteiger partial charge in [0.25, 0.3) is 11.6 Å². The second kappa shape index (κ2) is 6.91. The largest absolute Gasteiger partial charge is 0.495 e. The molecule has 1 aliphatic rings. The Kier molecular flexibility index (Phi) is 4.64. The summed E-state index contributed by atoms with van der Waals surface area (Å²) in [6.45, 7) is 1.30. The standard InChI is InChI=1S/C19H17N3O5/c1-11(23)21-15-7-5-4-6-13(15)17(19(21)24)18(27-3)12-8-9-14(20-2)16(10-12)22(25)26/h4-10,20H,1-3H3. The van der Waals surface area contributed by atoms with Gasteiger partial charge >= 0.3 is 0 Å². The molecule has 0 aliphatic carbocycles. The van der Waals surface area contributed by atoms with Crippen LogP contribution in [0, 0.1) is 10.1 Å². The maximum Gasteiger partial charge on any atom is 0.293 e. The second-order valence-electron chi connectivity index (χ2n) is 5.82. The van der Waals surface area contributed by atoms with E-state index >= 15 is 0 Å². The van der Waals surface area contributed by atoms with Crippen LogP contribution < -0.4 is 10.2 Å². The van der Waals surface area contributed by atoms with Crippen LogP contribution in [0.1, 0.15) is 18.1 Å². The molecule has 138 valence electrons. The number of nitro groups is 1. The van der Waals surface area contributed by atoms with E-state index in [1.165, 1.54) is 20.1 Å². The van der Waals surface area contributed by atoms with Crippen molar-refractivity contribution in [2.24, 2.45) is 0 Å². The Labute approximate surface area is 155 Å². The fraction of sp³-hybridized carbons (Fsp3) is 0.158. The van der Waals surface area contributed by atoms with Crippen LogP contribution in [0.25, 0.3) is 11.3 Å². The van der Waals surface area contributed by atoms with Crippen molar-refractivity contribution in [2.75, 3.05) is 24.4 Å². The summed E-state index contributed by atoms with van der Waals surface area (Å²) in [5, 5.41) is 14.1. The maximum absolute atomic E-state index is 12.9. The van der Waals surface area contributed by atoms with Gasteiger partial charge in [0, 0.05) is 31.2 Å². The molecule has 27 heavy (non-hydrogen) atoms. The average molecular weight is 367 g/mol. The van der Waals surface area contributed by atoms with E-state index in [1.54, 1.807) is 43.4 Å². The average Bonchev–Trinajstić information content (AvgIpc) is 2.94. The van der Waals surface area contributed by atoms with Gasteiger partial charge in [-0.1, -0.05) is 18.2 Å². The van der Waals surface area contributed by atoms with E-state index in [9.17, 15) is 19.7 Å². The summed E-state index contributed by atoms with van der Waals surface area (Å²) in [4.78, 5) is 36.8. The Morgan fingerprint density at radius 1 is 1.22 bits per heavy atom. The van der Waals surface area contributed by atoms with Gasteiger partial charge in [0.15, 0.2) is 0 Å². The molecule has 1 heterocycles. The molecule has 0 radical (unpaired) electrons. The lowest BCUT2D eigenvalue weighted by Crippen LogP contribution is -2.31. The molecule has 1 N–H and O–H groups in total. The number of methoxy groups -OCH3 is 1. The summed E-state index contributed by atoms with van der Waals surface area (Å²) in [5.41, 5.74) is 1.75. The van der Waals surface area contributed by atoms with E-state index in [1.807, 2.05) is 0 Å². The van der Waals surface area contributed by atoms with Crippen LogP contribution in [-0.2, 0) is 14.3 Å². The lowest BCUT2D eigenvalue weighted by Gasteiger charge is -2.13. The van der Waals surface area contributed by atoms with Gasteiger partial charge in [0.2, 0.25) is 5.91 Å². The van der Waals surface area contributed by atoms with Gasteiger partial charge in [-0.05, 0) is 18.2 Å². The van der Waals surface area contributed by atoms with Gasteiger partial charge in [-0.3, -0.25) is 19.7 Å². The van der Waals surface area contributed by atoms with Crippen molar-refractivity contribution >= 4 is 40.2 Å². The molecule has 0 atom stereocenters. The molecule has 2 aromatic carbocycles. The highest BCUT2D eigenvalue weighted by Crippen LogP contribution is 2.41. The number of nitrogens with zero attached hydrogens (tertiary/aromatic N) is 2. The molecule has 0 saturated heterocycles. The van der Waals surface area contributed by atoms with Crippen molar-refractivity contribution in [2.45, 2.75) is 6.92 Å². The number of nitrogens with one attached hydrogen (secondary N) is 1. The molecule has 0 saturated carbocycles. The molecule has 8 nitrogen and oxygen atoms in total. The maximum atomic E-state index is 12.9. The first-order valence-electron chi connectivity index (χ1n) is 8.10. The Bertz CT molecular complexity index is 997. The van der Waals surface area contributed by atoms with Gasteiger partial charge in [-0.2, -0.15) is 0 Å². The van der Waals surface area contributed by atoms with Crippen molar-refractivity contribution in [3.8, 4) is 0 Å². The van der Waals surface area contributed by atoms with Gasteiger partial charge in [0.1, 0.15) is 11.4 Å². The highest BCUT2D eigenvalue weighted by molar-refractivity contribution is 6.42. The van der Waals surface area contributed by atoms with Crippen molar-refractivity contribution < 1.29 is 19.2 Å². The number of benzene rings is 2. The number of anilines is 2. The lowest BCUT2D eigenvalue weighted by molar-refractivity contribution is -0.384. The molecule has 8 heteroatoms. The third-order valence-electron chi connectivity index (χ3n) is 4.30. The number of hydrogen-bond acceptors (Lipinski definition) is 6. The van der Waals surface area contributed by atoms with Crippen LogP contribution in [-0.4, -0.2) is 30.9 Å². The minimum absolute atomic E-state index is 0.146. The van der Waals surface area contributed by atoms with E-state index in [-0.39, 0.29) is 17.0 Å². The number of fused-ring (bicyclic) bond motifs is 1. The number of amides is 2. The Hall–Kier alpha value is -3.68. The number of nitro benzene ring substituents is 1. The van der Waals surface area contributed by atoms with Crippen LogP contribution in [0.4, 0.5) is 17.1 Å². The van der Waals surface area contributed by atoms with Gasteiger partial charge in [-0.25, -0.2) is 4.90 Å². The molecule has 2 amide bonds. The fourth-order valence-corrected chi connectivity index (χ4v) is 3.15. The molecule has 3 rings (SSSR count). The summed E-state index contributed by atoms with van der Waals surface area (Å²) in [6, 6.07) is 11.4. The topological polar surface area (TPSA) is 102 Å². The SMILES string of the molecule is CNc1ccc(C(OC)=C2C(=O)N(C(C)=O)c3ccccc32)cc1[N+](=O)[O-]. The third kappa shape index (κ3) is 2.91. The molecule has 1 aliphatic heterocycles. The van der Waals surface area contributed by atoms with E-state index in [2.05, 4.69) is 5.32 Å². The van der Waals surface area contributed by atoms with Crippen LogP contribution in [0.3, 0.4) is 0 Å². The number of hydrogen-bond donors (Lipinski definition) is 1. The number of ether oxygens (including phenoxy) is 1. The summed E-state index contributed by atoms with van der Waals surface area (Å²) >= 11 is 0. The highest BCUT2D eigenvalue weighted by Gasteiger charge is 2.38. The minimum Gasteiger partial charge on any atom is -0.495 e. The fourth-order valence-electron chi connectivity index (χ4n) is 3.15. The smallest absolute Gasteiger partial charge is 0.293 e. The molecule has 0 unspecified atom stereocenters. The lowest BCUT2D eigenvalue weighted by atomic mass is 10.0. The van der Waals surface area contributed by atoms with Crippen molar-refractivity contribution in [3.63, 3.8) is 0 Å². The van der Waals surface area contributed by atoms with Gasteiger partial charge < -0.3 is 10.1 Å². The Morgan fingerprint density at radius 2 is 1.93 bits per heavy atom. The summed E-state index contributed by atoms with van der Waals surface area (Å²) in [5.74, 6) is -0.780. The summed E-state index contributed by atoms with van der Waals surface area (Å²) in [7, 11) is 2.96. The van der Waals surface area contributed by atoms with Crippen LogP contribution >= 0.6 is 0 Å². The number of carbonyl (C=O) groups excluding carboxylic acids is 2. The van der Waals surface area contributed by atoms with Crippen molar-refractivity contribution in [3.05, 3.63) is 63.7 Å². The number of rotatable bonds is 4. The predicted molar refractivity (Wildman–Crippen MR) is 101 cm³/mol. The van der Waals surface area contributed by atoms with Crippen LogP contribution in [0.2, 0.25) is 0 Å². The van der Waals surface area contributed by atoms with E-state index in [4.69, 9.17) is 4.74 Å². The molecular formula is C19H17N3O5. The normalized spacial score (nSPS) is 14.6. The zero-order valence-electron chi connectivity index (χ0n) is 15.0. The zero-order valence-corrected chi connectivity index (χ0v) is 15.0. The van der Waals surface area contributed by atoms with E-state index in [0.29, 0.717) is 22.5 Å². The van der Waals surface area contributed by atoms with E-state index in [0.717, 1.165) is 4.90 Å². The monoisotopic (exact) mass is 367 g/mol. The molecule has 0 spiro atoms. The van der Waals surface area contributed by atoms with Gasteiger partial charge in [0.05, 0.1) is 23.3 Å². The number of imide groups is 1. The summed E-state index contributed by atoms with van der Waals surface area (Å²) in [6.07, 6.45) is 0. The minimum atomic E-state index is -0.527. The Morgan fingerprint density at radius 3 is 2.52 bits per heavy atom. The zero-order chi connectivity index (χ0) is 19.7. The van der Waals surface area contributed by atoms with Gasteiger partial charge in [-0.15, -0.1) is 0 Å². The van der Waals surface area contributed by atoms with Crippen LogP contribution in [0.15, 0.2) is 42.5 Å². The van der Waals surface area contributed by atoms with Crippen LogP contribution in [0.5, 0.6) is 0 Å². The predicted octanol–water partition coefficient (Wildman–Crippen LogP) is 3.04. The quantitative estimate of drug-likeness (QED) is 0.386. The molecular weight excluding hydrogens is 350 g/mol. The second-order valence-corrected chi connectivity index (χ2v) is 5.82. The molecule has 0 aromatic heterocycles. The van der Waals surface area contributed by atoms with Crippen molar-refractivity contribution in [1.29, 1.82) is 0 Å². The third-order valence-corrected chi connectivity index (χ3v) is 4.30. The number of carbonyl (C=O) groups is 2. The van der Waals surface area contributed by atoms with E-state index < -0.39 is 16.7 Å². The first-order valence-corrected chi connectivity index (χ1v) is 8.10. The van der Waals surface area contributed by atoms with Crippen molar-refractivity contribution in [1.82, 2.24) is 0 Å². The number of para-hydroxylation sites is 1. The molecule has 0 fully saturated rings. The molecule has 2 aromatic rings. The Balaban J connectivity index is 2.27.